The van der Waals surface area contributed by atoms with Crippen LogP contribution < -0.4 is 0 Å². The van der Waals surface area contributed by atoms with Gasteiger partial charge in [-0.2, -0.15) is 0 Å². The van der Waals surface area contributed by atoms with E-state index in [-0.39, 0.29) is 0 Å². The van der Waals surface area contributed by atoms with Crippen molar-refractivity contribution in [2.24, 2.45) is 17.8 Å². The first-order valence-corrected chi connectivity index (χ1v) is 5.25. The molecule has 0 bridgehead atoms. The van der Waals surface area contributed by atoms with E-state index in [0.717, 1.165) is 17.8 Å². The summed E-state index contributed by atoms with van der Waals surface area (Å²) in [5.41, 5.74) is 0. The van der Waals surface area contributed by atoms with E-state index < -0.39 is 0 Å². The minimum absolute atomic E-state index is 0.963. The number of rotatable bonds is 2. The van der Waals surface area contributed by atoms with Crippen LogP contribution in [-0.4, -0.2) is 0 Å². The molecule has 0 spiro atoms. The third-order valence-electron chi connectivity index (χ3n) is 3.55. The van der Waals surface area contributed by atoms with Crippen LogP contribution in [0, 0.1) is 17.8 Å². The summed E-state index contributed by atoms with van der Waals surface area (Å²) in [6.07, 6.45) is 7.31. The maximum absolute atomic E-state index is 2.44. The second-order valence-corrected chi connectivity index (χ2v) is 4.31. The largest absolute Gasteiger partial charge is 0.0651 e. The molecule has 66 valence electrons. The van der Waals surface area contributed by atoms with Gasteiger partial charge in [-0.05, 0) is 24.2 Å². The quantitative estimate of drug-likeness (QED) is 0.566. The highest BCUT2D eigenvalue weighted by Crippen LogP contribution is 2.35. The summed E-state index contributed by atoms with van der Waals surface area (Å²) < 4.78 is 0. The second-order valence-electron chi connectivity index (χ2n) is 4.31. The lowest BCUT2D eigenvalue weighted by Gasteiger charge is -2.33. The Balaban J connectivity index is 2.40. The fraction of sp³-hybridized carbons (Fsp3) is 1.00. The van der Waals surface area contributed by atoms with Gasteiger partial charge in [0.05, 0.1) is 0 Å². The molecule has 1 saturated carbocycles. The molecule has 0 aliphatic heterocycles. The molecule has 3 atom stereocenters. The van der Waals surface area contributed by atoms with Crippen LogP contribution in [0.15, 0.2) is 0 Å². The average Bonchev–Trinajstić information content (AvgIpc) is 2.04. The summed E-state index contributed by atoms with van der Waals surface area (Å²) >= 11 is 0. The van der Waals surface area contributed by atoms with Crippen LogP contribution in [0.25, 0.3) is 0 Å². The summed E-state index contributed by atoms with van der Waals surface area (Å²) in [5, 5.41) is 0. The maximum Gasteiger partial charge on any atom is -0.0363 e. The summed E-state index contributed by atoms with van der Waals surface area (Å²) in [5.74, 6) is 3.00. The summed E-state index contributed by atoms with van der Waals surface area (Å²) in [7, 11) is 0. The molecular weight excluding hydrogens is 132 g/mol. The number of hydrogen-bond donors (Lipinski definition) is 0. The van der Waals surface area contributed by atoms with Crippen LogP contribution in [0.5, 0.6) is 0 Å². The Bertz CT molecular complexity index is 103. The molecule has 1 fully saturated rings. The minimum Gasteiger partial charge on any atom is -0.0651 e. The molecule has 0 aromatic carbocycles. The normalized spacial score (nSPS) is 35.2. The molecule has 0 N–H and O–H groups in total. The standard InChI is InChI=1S/C11H22/c1-4-9(2)11-8-6-5-7-10(11)3/h9-11H,4-8H2,1-3H3/t9-,10+,11+/m1/s1. The van der Waals surface area contributed by atoms with Crippen LogP contribution in [-0.2, 0) is 0 Å². The Hall–Kier alpha value is 0. The third-order valence-corrected chi connectivity index (χ3v) is 3.55. The fourth-order valence-corrected chi connectivity index (χ4v) is 2.49. The van der Waals surface area contributed by atoms with Crippen molar-refractivity contribution in [3.8, 4) is 0 Å². The van der Waals surface area contributed by atoms with Crippen LogP contribution in [0.4, 0.5) is 0 Å². The minimum atomic E-state index is 0.963. The molecule has 11 heavy (non-hydrogen) atoms. The fourth-order valence-electron chi connectivity index (χ4n) is 2.49. The number of hydrogen-bond acceptors (Lipinski definition) is 0. The lowest BCUT2D eigenvalue weighted by molar-refractivity contribution is 0.181. The maximum atomic E-state index is 2.44. The van der Waals surface area contributed by atoms with Crippen molar-refractivity contribution in [1.29, 1.82) is 0 Å². The first-order valence-electron chi connectivity index (χ1n) is 5.25. The monoisotopic (exact) mass is 154 g/mol. The topological polar surface area (TPSA) is 0 Å². The van der Waals surface area contributed by atoms with Gasteiger partial charge in [-0.1, -0.05) is 46.5 Å². The summed E-state index contributed by atoms with van der Waals surface area (Å²) in [6, 6.07) is 0. The molecule has 0 amide bonds. The van der Waals surface area contributed by atoms with Crippen molar-refractivity contribution in [2.45, 2.75) is 52.9 Å². The van der Waals surface area contributed by atoms with Gasteiger partial charge < -0.3 is 0 Å². The van der Waals surface area contributed by atoms with Gasteiger partial charge in [0, 0.05) is 0 Å². The highest BCUT2D eigenvalue weighted by atomic mass is 14.3. The molecular formula is C11H22. The average molecular weight is 154 g/mol. The first kappa shape index (κ1) is 9.09. The van der Waals surface area contributed by atoms with E-state index in [1.54, 1.807) is 0 Å². The van der Waals surface area contributed by atoms with E-state index >= 15 is 0 Å². The summed E-state index contributed by atoms with van der Waals surface area (Å²) in [6.45, 7) is 7.19. The Labute approximate surface area is 71.4 Å². The van der Waals surface area contributed by atoms with Gasteiger partial charge in [0.15, 0.2) is 0 Å². The van der Waals surface area contributed by atoms with Crippen molar-refractivity contribution < 1.29 is 0 Å². The van der Waals surface area contributed by atoms with E-state index in [1.807, 2.05) is 0 Å². The molecule has 1 rings (SSSR count). The molecule has 1 aliphatic rings. The molecule has 0 heteroatoms. The Morgan fingerprint density at radius 2 is 1.91 bits per heavy atom. The van der Waals surface area contributed by atoms with Gasteiger partial charge in [-0.15, -0.1) is 0 Å². The molecule has 0 nitrogen and oxygen atoms in total. The second kappa shape index (κ2) is 4.13. The van der Waals surface area contributed by atoms with Gasteiger partial charge in [-0.3, -0.25) is 0 Å². The van der Waals surface area contributed by atoms with Crippen LogP contribution >= 0.6 is 0 Å². The SMILES string of the molecule is CC[C@@H](C)[C@@H]1CCCC[C@@H]1C. The van der Waals surface area contributed by atoms with E-state index in [2.05, 4.69) is 20.8 Å². The zero-order valence-electron chi connectivity index (χ0n) is 8.27. The first-order chi connectivity index (χ1) is 5.25. The van der Waals surface area contributed by atoms with Crippen molar-refractivity contribution in [3.05, 3.63) is 0 Å². The third kappa shape index (κ3) is 2.21. The van der Waals surface area contributed by atoms with Gasteiger partial charge in [0.25, 0.3) is 0 Å². The van der Waals surface area contributed by atoms with Gasteiger partial charge in [0.2, 0.25) is 0 Å². The predicted octanol–water partition coefficient (Wildman–Crippen LogP) is 3.86. The van der Waals surface area contributed by atoms with Crippen molar-refractivity contribution in [1.82, 2.24) is 0 Å². The van der Waals surface area contributed by atoms with Crippen LogP contribution in [0.1, 0.15) is 52.9 Å². The lowest BCUT2D eigenvalue weighted by Crippen LogP contribution is -2.22. The van der Waals surface area contributed by atoms with E-state index in [4.69, 9.17) is 0 Å². The highest BCUT2D eigenvalue weighted by molar-refractivity contribution is 4.75. The van der Waals surface area contributed by atoms with E-state index in [1.165, 1.54) is 32.1 Å². The van der Waals surface area contributed by atoms with Gasteiger partial charge in [-0.25, -0.2) is 0 Å². The van der Waals surface area contributed by atoms with Crippen LogP contribution in [0.2, 0.25) is 0 Å². The van der Waals surface area contributed by atoms with E-state index in [9.17, 15) is 0 Å². The van der Waals surface area contributed by atoms with Crippen molar-refractivity contribution in [2.75, 3.05) is 0 Å². The molecule has 0 heterocycles. The van der Waals surface area contributed by atoms with Crippen LogP contribution in [0.3, 0.4) is 0 Å². The van der Waals surface area contributed by atoms with E-state index in [0.29, 0.717) is 0 Å². The zero-order chi connectivity index (χ0) is 8.27. The molecule has 0 saturated heterocycles. The highest BCUT2D eigenvalue weighted by Gasteiger charge is 2.24. The van der Waals surface area contributed by atoms with Crippen molar-refractivity contribution in [3.63, 3.8) is 0 Å². The Kier molecular flexibility index (Phi) is 3.42. The molecule has 0 aromatic heterocycles. The van der Waals surface area contributed by atoms with Crippen molar-refractivity contribution >= 4 is 0 Å². The summed E-state index contributed by atoms with van der Waals surface area (Å²) in [4.78, 5) is 0. The smallest absolute Gasteiger partial charge is 0.0363 e. The van der Waals surface area contributed by atoms with Gasteiger partial charge in [0.1, 0.15) is 0 Å². The zero-order valence-corrected chi connectivity index (χ0v) is 8.27. The Morgan fingerprint density at radius 3 is 2.45 bits per heavy atom. The van der Waals surface area contributed by atoms with Gasteiger partial charge >= 0.3 is 0 Å². The predicted molar refractivity (Wildman–Crippen MR) is 50.6 cm³/mol. The molecule has 0 radical (unpaired) electrons. The molecule has 0 unspecified atom stereocenters. The molecule has 0 aromatic rings. The Morgan fingerprint density at radius 1 is 1.27 bits per heavy atom. The lowest BCUT2D eigenvalue weighted by atomic mass is 9.73. The molecule has 1 aliphatic carbocycles.